The van der Waals surface area contributed by atoms with Crippen molar-refractivity contribution in [2.75, 3.05) is 19.3 Å². The van der Waals surface area contributed by atoms with E-state index in [-0.39, 0.29) is 0 Å². The number of nitrogens with zero attached hydrogens (tertiary/aromatic N) is 2. The molecule has 1 aromatic heterocycles. The number of fused-ring (bicyclic) bond motifs is 1. The minimum atomic E-state index is -3.35. The van der Waals surface area contributed by atoms with Crippen molar-refractivity contribution in [2.45, 2.75) is 31.2 Å². The summed E-state index contributed by atoms with van der Waals surface area (Å²) in [5.41, 5.74) is 1.72. The Kier molecular flexibility index (Phi) is 4.38. The van der Waals surface area contributed by atoms with Gasteiger partial charge in [0.2, 0.25) is 0 Å². The molecule has 2 heterocycles. The maximum absolute atomic E-state index is 12.4. The lowest BCUT2D eigenvalue weighted by atomic mass is 10.2. The summed E-state index contributed by atoms with van der Waals surface area (Å²) in [5, 5.41) is 4.49. The molecule has 5 nitrogen and oxygen atoms in total. The molecular formula is C16H20ClN3O2S. The van der Waals surface area contributed by atoms with Crippen LogP contribution in [0.25, 0.3) is 10.9 Å². The molecule has 0 spiro atoms. The van der Waals surface area contributed by atoms with Crippen molar-refractivity contribution in [3.05, 3.63) is 28.9 Å². The zero-order valence-corrected chi connectivity index (χ0v) is 14.8. The van der Waals surface area contributed by atoms with Gasteiger partial charge < -0.3 is 9.88 Å². The molecule has 1 aromatic carbocycles. The second-order valence-corrected chi connectivity index (χ2v) is 8.19. The third-order valence-corrected chi connectivity index (χ3v) is 5.42. The minimum Gasteiger partial charge on any atom is -0.370 e. The van der Waals surface area contributed by atoms with Crippen LogP contribution in [0.5, 0.6) is 0 Å². The van der Waals surface area contributed by atoms with Crippen molar-refractivity contribution in [3.8, 4) is 0 Å². The summed E-state index contributed by atoms with van der Waals surface area (Å²) in [6, 6.07) is 5.43. The first-order valence-corrected chi connectivity index (χ1v) is 9.96. The van der Waals surface area contributed by atoms with Gasteiger partial charge in [-0.05, 0) is 24.6 Å². The molecule has 1 aliphatic rings. The molecule has 0 unspecified atom stereocenters. The van der Waals surface area contributed by atoms with Crippen molar-refractivity contribution >= 4 is 38.2 Å². The molecule has 0 fully saturated rings. The molecule has 3 rings (SSSR count). The van der Waals surface area contributed by atoms with Crippen LogP contribution in [0.4, 0.5) is 0 Å². The third-order valence-electron chi connectivity index (χ3n) is 3.99. The van der Waals surface area contributed by atoms with E-state index in [1.165, 1.54) is 6.26 Å². The summed E-state index contributed by atoms with van der Waals surface area (Å²) in [7, 11) is -3.35. The number of halogens is 1. The van der Waals surface area contributed by atoms with E-state index in [0.29, 0.717) is 28.3 Å². The van der Waals surface area contributed by atoms with Gasteiger partial charge in [-0.3, -0.25) is 4.99 Å². The number of sulfone groups is 1. The molecule has 0 atom stereocenters. The maximum atomic E-state index is 12.4. The number of rotatable bonds is 5. The van der Waals surface area contributed by atoms with Crippen LogP contribution in [-0.2, 0) is 22.8 Å². The lowest BCUT2D eigenvalue weighted by Crippen LogP contribution is -2.24. The SMILES string of the molecule is CCCc1c(S(C)(=O)=O)c2cc(Cl)ccc2n1CC1=NCCN1. The molecule has 0 saturated heterocycles. The van der Waals surface area contributed by atoms with E-state index >= 15 is 0 Å². The van der Waals surface area contributed by atoms with Gasteiger partial charge >= 0.3 is 0 Å². The van der Waals surface area contributed by atoms with Gasteiger partial charge in [0.05, 0.1) is 23.5 Å². The Labute approximate surface area is 141 Å². The maximum Gasteiger partial charge on any atom is 0.177 e. The van der Waals surface area contributed by atoms with E-state index < -0.39 is 9.84 Å². The van der Waals surface area contributed by atoms with Gasteiger partial charge in [0.1, 0.15) is 5.84 Å². The molecule has 1 N–H and O–H groups in total. The molecule has 1 aliphatic heterocycles. The molecule has 0 saturated carbocycles. The molecule has 0 radical (unpaired) electrons. The lowest BCUT2D eigenvalue weighted by molar-refractivity contribution is 0.599. The fourth-order valence-corrected chi connectivity index (χ4v) is 4.51. The highest BCUT2D eigenvalue weighted by Gasteiger charge is 2.24. The van der Waals surface area contributed by atoms with Gasteiger partial charge in [0, 0.05) is 28.9 Å². The van der Waals surface area contributed by atoms with Crippen molar-refractivity contribution < 1.29 is 8.42 Å². The molecule has 124 valence electrons. The van der Waals surface area contributed by atoms with E-state index in [4.69, 9.17) is 11.6 Å². The second kappa shape index (κ2) is 6.17. The fraction of sp³-hybridized carbons (Fsp3) is 0.438. The zero-order chi connectivity index (χ0) is 16.6. The van der Waals surface area contributed by atoms with Crippen LogP contribution in [0.1, 0.15) is 19.0 Å². The summed E-state index contributed by atoms with van der Waals surface area (Å²) in [6.07, 6.45) is 2.83. The quantitative estimate of drug-likeness (QED) is 0.898. The number of hydrogen-bond acceptors (Lipinski definition) is 4. The summed E-state index contributed by atoms with van der Waals surface area (Å²) in [6.45, 7) is 4.21. The standard InChI is InChI=1S/C16H20ClN3O2S/c1-3-4-14-16(23(2,21)22)12-9-11(17)5-6-13(12)20(14)10-15-18-7-8-19-15/h5-6,9H,3-4,7-8,10H2,1-2H3,(H,18,19). The highest BCUT2D eigenvalue weighted by Crippen LogP contribution is 2.33. The van der Waals surface area contributed by atoms with Crippen LogP contribution < -0.4 is 5.32 Å². The topological polar surface area (TPSA) is 63.5 Å². The van der Waals surface area contributed by atoms with Crippen molar-refractivity contribution in [2.24, 2.45) is 4.99 Å². The Morgan fingerprint density at radius 1 is 1.39 bits per heavy atom. The van der Waals surface area contributed by atoms with Gasteiger partial charge in [0.25, 0.3) is 0 Å². The van der Waals surface area contributed by atoms with Crippen LogP contribution in [-0.4, -0.2) is 38.2 Å². The summed E-state index contributed by atoms with van der Waals surface area (Å²) >= 11 is 6.11. The van der Waals surface area contributed by atoms with Crippen molar-refractivity contribution in [1.82, 2.24) is 9.88 Å². The van der Waals surface area contributed by atoms with E-state index in [1.54, 1.807) is 12.1 Å². The first-order chi connectivity index (χ1) is 10.9. The third kappa shape index (κ3) is 3.10. The van der Waals surface area contributed by atoms with Crippen LogP contribution in [0.2, 0.25) is 5.02 Å². The van der Waals surface area contributed by atoms with Gasteiger partial charge in [0.15, 0.2) is 9.84 Å². The van der Waals surface area contributed by atoms with Gasteiger partial charge in [-0.1, -0.05) is 24.9 Å². The Hall–Kier alpha value is -1.53. The van der Waals surface area contributed by atoms with Crippen molar-refractivity contribution in [1.29, 1.82) is 0 Å². The highest BCUT2D eigenvalue weighted by molar-refractivity contribution is 7.91. The van der Waals surface area contributed by atoms with Crippen LogP contribution in [0.15, 0.2) is 28.1 Å². The van der Waals surface area contributed by atoms with Crippen molar-refractivity contribution in [3.63, 3.8) is 0 Å². The fourth-order valence-electron chi connectivity index (χ4n) is 3.13. The van der Waals surface area contributed by atoms with E-state index in [1.807, 2.05) is 13.0 Å². The minimum absolute atomic E-state index is 0.399. The van der Waals surface area contributed by atoms with Crippen LogP contribution >= 0.6 is 11.6 Å². The van der Waals surface area contributed by atoms with E-state index in [2.05, 4.69) is 14.9 Å². The average molecular weight is 354 g/mol. The van der Waals surface area contributed by atoms with E-state index in [0.717, 1.165) is 36.6 Å². The Morgan fingerprint density at radius 3 is 2.78 bits per heavy atom. The molecule has 7 heteroatoms. The monoisotopic (exact) mass is 353 g/mol. The summed E-state index contributed by atoms with van der Waals surface area (Å²) < 4.78 is 26.9. The summed E-state index contributed by atoms with van der Waals surface area (Å²) in [4.78, 5) is 4.84. The van der Waals surface area contributed by atoms with E-state index in [9.17, 15) is 8.42 Å². The number of amidine groups is 1. The first-order valence-electron chi connectivity index (χ1n) is 7.69. The highest BCUT2D eigenvalue weighted by atomic mass is 35.5. The molecule has 0 amide bonds. The second-order valence-electron chi connectivity index (χ2n) is 5.80. The lowest BCUT2D eigenvalue weighted by Gasteiger charge is -2.11. The average Bonchev–Trinajstić information content (AvgIpc) is 3.06. The number of nitrogens with one attached hydrogen (secondary N) is 1. The van der Waals surface area contributed by atoms with Crippen LogP contribution in [0, 0.1) is 0 Å². The van der Waals surface area contributed by atoms with Gasteiger partial charge in [-0.15, -0.1) is 0 Å². The zero-order valence-electron chi connectivity index (χ0n) is 13.3. The largest absolute Gasteiger partial charge is 0.370 e. The molecule has 0 bridgehead atoms. The number of benzene rings is 1. The molecule has 2 aromatic rings. The first kappa shape index (κ1) is 16.3. The predicted octanol–water partition coefficient (Wildman–Crippen LogP) is 2.65. The van der Waals surface area contributed by atoms with Crippen LogP contribution in [0.3, 0.4) is 0 Å². The Balaban J connectivity index is 2.29. The smallest absolute Gasteiger partial charge is 0.177 e. The molecule has 23 heavy (non-hydrogen) atoms. The normalized spacial score (nSPS) is 15.0. The predicted molar refractivity (Wildman–Crippen MR) is 94.4 cm³/mol. The van der Waals surface area contributed by atoms with Gasteiger partial charge in [-0.2, -0.15) is 0 Å². The Bertz CT molecular complexity index is 884. The molecule has 0 aliphatic carbocycles. The Morgan fingerprint density at radius 2 is 2.17 bits per heavy atom. The number of aliphatic imine (C=N–C) groups is 1. The summed E-state index contributed by atoms with van der Waals surface area (Å²) in [5.74, 6) is 0.897. The molecular weight excluding hydrogens is 334 g/mol. The van der Waals surface area contributed by atoms with Gasteiger partial charge in [-0.25, -0.2) is 8.42 Å². The number of hydrogen-bond donors (Lipinski definition) is 1. The number of aromatic nitrogens is 1.